The molecule has 0 radical (unpaired) electrons. The van der Waals surface area contributed by atoms with E-state index in [4.69, 9.17) is 25.5 Å². The molecule has 31 heteroatoms. The van der Waals surface area contributed by atoms with Gasteiger partial charge in [0.2, 0.25) is 31.9 Å². The first-order valence-corrected chi connectivity index (χ1v) is 28.0. The molecule has 0 spiro atoms. The van der Waals surface area contributed by atoms with E-state index in [0.717, 1.165) is 18.7 Å². The average molecular weight is 1190 g/mol. The number of amides is 3. The summed E-state index contributed by atoms with van der Waals surface area (Å²) in [7, 11) is -6.62. The number of carbonyl (C=O) groups excluding carboxylic acids is 4. The van der Waals surface area contributed by atoms with Gasteiger partial charge in [0.15, 0.2) is 23.3 Å². The van der Waals surface area contributed by atoms with E-state index in [1.54, 1.807) is 30.6 Å². The van der Waals surface area contributed by atoms with Crippen LogP contribution in [0.3, 0.4) is 0 Å². The second-order valence-electron chi connectivity index (χ2n) is 20.8. The van der Waals surface area contributed by atoms with Gasteiger partial charge < -0.3 is 40.5 Å². The molecule has 6 fully saturated rings. The highest BCUT2D eigenvalue weighted by Crippen LogP contribution is 2.40. The maximum atomic E-state index is 14.3. The van der Waals surface area contributed by atoms with Gasteiger partial charge in [-0.2, -0.15) is 21.8 Å². The number of nitrogens with zero attached hydrogens (tertiary/aromatic N) is 4. The number of likely N-dealkylation sites (tertiary alicyclic amines) is 2. The van der Waals surface area contributed by atoms with Gasteiger partial charge in [-0.1, -0.05) is 0 Å². The Hall–Kier alpha value is -6.05. The first kappa shape index (κ1) is 64.8. The van der Waals surface area contributed by atoms with E-state index < -0.39 is 96.8 Å². The molecule has 0 aromatic heterocycles. The Labute approximate surface area is 454 Å². The van der Waals surface area contributed by atoms with Crippen LogP contribution in [0.4, 0.5) is 44.3 Å². The summed E-state index contributed by atoms with van der Waals surface area (Å²) in [6, 6.07) is 0.220. The second kappa shape index (κ2) is 26.7. The minimum atomic E-state index is -5.08. The van der Waals surface area contributed by atoms with Crippen LogP contribution >= 0.6 is 0 Å². The van der Waals surface area contributed by atoms with Gasteiger partial charge in [0, 0.05) is 88.4 Å². The fraction of sp³-hybridized carbons (Fsp3) is 0.592. The van der Waals surface area contributed by atoms with E-state index in [9.17, 15) is 80.3 Å². The number of rotatable bonds is 16. The number of halogens is 9. The van der Waals surface area contributed by atoms with E-state index in [2.05, 4.69) is 10.1 Å². The Morgan fingerprint density at radius 1 is 0.675 bits per heavy atom. The third kappa shape index (κ3) is 18.0. The second-order valence-corrected chi connectivity index (χ2v) is 25.3. The number of alkyl halides is 3. The number of hydrogen-bond acceptors (Lipinski definition) is 13. The minimum Gasteiger partial charge on any atom is -0.478 e. The zero-order valence-electron chi connectivity index (χ0n) is 43.4. The van der Waals surface area contributed by atoms with E-state index in [0.29, 0.717) is 89.1 Å². The fourth-order valence-corrected chi connectivity index (χ4v) is 13.4. The number of fused-ring (bicyclic) bond motifs is 2. The predicted octanol–water partition coefficient (Wildman–Crippen LogP) is 4.73. The van der Waals surface area contributed by atoms with Crippen molar-refractivity contribution in [2.24, 2.45) is 17.6 Å². The predicted molar refractivity (Wildman–Crippen MR) is 262 cm³/mol. The summed E-state index contributed by atoms with van der Waals surface area (Å²) in [5.74, 6) is -11.2. The standard InChI is InChI=1S/C24H32F3N3O5S.C19H24F3N3O3S.C4H4O4.C2HF3O2/c1-24(2,3)35-23(32)28-16(8-15-9-19(26)20(27)11-18(15)25)10-22(31)30-7-6-14-12-29(13-21(14)30)36(33,34)17-4-5-17;20-15-8-17(22)16(21)6-12(15)5-13(23)7-19(26)25-4-3-11-9-24(10-18(11)25)29(27,28)14-1-2-14;5-3-8-2-1-4(6)7;3-2(4,5)1(6)7/h9,11,14,16-17,21H,4-8,10,12-13H2,1-3H3,(H,28,32);6,8,11,13-14,18H,1-5,7,9-10,23H2;1-3H,(H,6,7);(H,6,7)/b;;2-1+;/t14-,16+,21+;11-,13+,18+;;/m00../s1. The SMILES string of the molecule is CC(C)(C)OC(=O)N[C@@H](CC(=O)N1CC[C@H]2CN(S(=O)(=O)C3CC3)C[C@H]21)Cc1cc(F)c(F)cc1F.N[C@@H](CC(=O)N1CC[C@H]2CN(S(=O)(=O)C3CC3)C[C@H]21)Cc1cc(F)c(F)cc1F.O=C(O)C(F)(F)F.O=CO/C=C/C(=O)O. The lowest BCUT2D eigenvalue weighted by Crippen LogP contribution is -2.46. The molecule has 8 rings (SSSR count). The number of benzene rings is 2. The van der Waals surface area contributed by atoms with Crippen molar-refractivity contribution in [3.8, 4) is 0 Å². The molecule has 3 amide bonds. The normalized spacial score (nSPS) is 21.9. The highest BCUT2D eigenvalue weighted by Gasteiger charge is 2.52. The van der Waals surface area contributed by atoms with Gasteiger partial charge in [0.25, 0.3) is 6.47 Å². The van der Waals surface area contributed by atoms with Crippen LogP contribution in [0.1, 0.15) is 83.3 Å². The smallest absolute Gasteiger partial charge is 0.478 e. The van der Waals surface area contributed by atoms with Crippen molar-refractivity contribution < 1.29 is 105 Å². The topological polar surface area (TPSA) is 281 Å². The quantitative estimate of drug-likeness (QED) is 0.0581. The Morgan fingerprint density at radius 2 is 1.09 bits per heavy atom. The molecule has 2 aromatic rings. The third-order valence-electron chi connectivity index (χ3n) is 13.6. The molecule has 5 N–H and O–H groups in total. The highest BCUT2D eigenvalue weighted by molar-refractivity contribution is 7.90. The summed E-state index contributed by atoms with van der Waals surface area (Å²) >= 11 is 0. The number of nitrogens with two attached hydrogens (primary N) is 1. The molecule has 2 aromatic carbocycles. The van der Waals surface area contributed by atoms with E-state index in [1.807, 2.05) is 0 Å². The van der Waals surface area contributed by atoms with Gasteiger partial charge in [-0.3, -0.25) is 14.4 Å². The molecule has 6 aliphatic rings. The van der Waals surface area contributed by atoms with Gasteiger partial charge in [-0.25, -0.2) is 57.6 Å². The number of sulfonamides is 2. The summed E-state index contributed by atoms with van der Waals surface area (Å²) in [6.45, 7) is 7.47. The molecule has 4 heterocycles. The van der Waals surface area contributed by atoms with Crippen LogP contribution in [0.15, 0.2) is 36.6 Å². The van der Waals surface area contributed by atoms with Crippen LogP contribution in [0, 0.1) is 46.7 Å². The molecule has 80 heavy (non-hydrogen) atoms. The molecule has 2 saturated carbocycles. The lowest BCUT2D eigenvalue weighted by molar-refractivity contribution is -0.192. The summed E-state index contributed by atoms with van der Waals surface area (Å²) in [4.78, 5) is 69.6. The van der Waals surface area contributed by atoms with Crippen LogP contribution in [0.5, 0.6) is 0 Å². The Bertz CT molecular complexity index is 2870. The average Bonchev–Trinajstić information content (AvgIpc) is 4.22. The van der Waals surface area contributed by atoms with Gasteiger partial charge in [0.1, 0.15) is 23.5 Å². The van der Waals surface area contributed by atoms with E-state index in [1.165, 1.54) is 8.61 Å². The van der Waals surface area contributed by atoms with Gasteiger partial charge in [0.05, 0.1) is 16.6 Å². The number of nitrogens with one attached hydrogen (secondary N) is 1. The fourth-order valence-electron chi connectivity index (χ4n) is 9.54. The molecule has 4 aliphatic heterocycles. The van der Waals surface area contributed by atoms with Crippen LogP contribution < -0.4 is 11.1 Å². The maximum absolute atomic E-state index is 14.3. The van der Waals surface area contributed by atoms with Crippen LogP contribution in [-0.4, -0.2) is 167 Å². The van der Waals surface area contributed by atoms with Crippen LogP contribution in [0.25, 0.3) is 0 Å². The maximum Gasteiger partial charge on any atom is 0.490 e. The van der Waals surface area contributed by atoms with E-state index >= 15 is 0 Å². The number of carboxylic acids is 2. The van der Waals surface area contributed by atoms with Crippen LogP contribution in [-0.2, 0) is 66.3 Å². The molecule has 0 unspecified atom stereocenters. The minimum absolute atomic E-state index is 0.0309. The first-order valence-electron chi connectivity index (χ1n) is 25.0. The van der Waals surface area contributed by atoms with Gasteiger partial charge >= 0.3 is 24.2 Å². The van der Waals surface area contributed by atoms with Crippen molar-refractivity contribution in [3.05, 3.63) is 82.6 Å². The molecule has 0 bridgehead atoms. The summed E-state index contributed by atoms with van der Waals surface area (Å²) in [5, 5.41) is 16.9. The summed E-state index contributed by atoms with van der Waals surface area (Å²) in [6.07, 6.45) is -0.961. The van der Waals surface area contributed by atoms with E-state index in [-0.39, 0.29) is 96.1 Å². The Kier molecular flexibility index (Phi) is 21.6. The van der Waals surface area contributed by atoms with Crippen molar-refractivity contribution in [3.63, 3.8) is 0 Å². The Morgan fingerprint density at radius 3 is 1.48 bits per heavy atom. The molecule has 446 valence electrons. The lowest BCUT2D eigenvalue weighted by Gasteiger charge is -2.28. The summed E-state index contributed by atoms with van der Waals surface area (Å²) < 4.78 is 176. The molecule has 6 atom stereocenters. The molecule has 4 saturated heterocycles. The molecular weight excluding hydrogens is 1130 g/mol. The van der Waals surface area contributed by atoms with Gasteiger partial charge in [-0.05, 0) is 107 Å². The van der Waals surface area contributed by atoms with Crippen molar-refractivity contribution in [1.29, 1.82) is 0 Å². The number of carboxylic acid groups (broad SMARTS) is 2. The summed E-state index contributed by atoms with van der Waals surface area (Å²) in [5.41, 5.74) is 4.88. The molecule has 2 aliphatic carbocycles. The first-order chi connectivity index (χ1) is 37.1. The number of aliphatic carboxylic acids is 2. The van der Waals surface area contributed by atoms with Crippen molar-refractivity contribution >= 4 is 56.4 Å². The third-order valence-corrected chi connectivity index (χ3v) is 18.2. The van der Waals surface area contributed by atoms with Crippen LogP contribution in [0.2, 0.25) is 0 Å². The number of ether oxygens (including phenoxy) is 2. The largest absolute Gasteiger partial charge is 0.490 e. The zero-order valence-corrected chi connectivity index (χ0v) is 45.0. The number of hydrogen-bond donors (Lipinski definition) is 4. The van der Waals surface area contributed by atoms with Crippen molar-refractivity contribution in [2.45, 2.75) is 131 Å². The number of alkyl carbamates (subject to hydrolysis) is 1. The zero-order chi connectivity index (χ0) is 59.8. The number of carbonyl (C=O) groups is 6. The van der Waals surface area contributed by atoms with Crippen molar-refractivity contribution in [1.82, 2.24) is 23.7 Å². The Balaban J connectivity index is 0.000000237. The molecular formula is C49H61F9N6O14S2. The lowest BCUT2D eigenvalue weighted by atomic mass is 10.0. The highest BCUT2D eigenvalue weighted by atomic mass is 32.2. The van der Waals surface area contributed by atoms with Gasteiger partial charge in [-0.15, -0.1) is 0 Å². The monoisotopic (exact) mass is 1190 g/mol. The molecule has 20 nitrogen and oxygen atoms in total. The van der Waals surface area contributed by atoms with Crippen molar-refractivity contribution in [2.75, 3.05) is 39.3 Å².